The highest BCUT2D eigenvalue weighted by Crippen LogP contribution is 2.70. The van der Waals surface area contributed by atoms with Crippen molar-refractivity contribution < 1.29 is 33.7 Å². The highest BCUT2D eigenvalue weighted by atomic mass is 16.6. The van der Waals surface area contributed by atoms with Crippen molar-refractivity contribution >= 4 is 17.9 Å². The van der Waals surface area contributed by atoms with Gasteiger partial charge in [0.15, 0.2) is 0 Å². The van der Waals surface area contributed by atoms with E-state index in [1.54, 1.807) is 6.08 Å². The predicted molar refractivity (Wildman–Crippen MR) is 122 cm³/mol. The summed E-state index contributed by atoms with van der Waals surface area (Å²) in [6, 6.07) is 0. The third-order valence-electron chi connectivity index (χ3n) is 10.5. The van der Waals surface area contributed by atoms with E-state index in [9.17, 15) is 19.5 Å². The van der Waals surface area contributed by atoms with E-state index in [0.29, 0.717) is 18.3 Å². The zero-order valence-electron chi connectivity index (χ0n) is 20.8. The Morgan fingerprint density at radius 3 is 2.41 bits per heavy atom. The number of carbonyl (C=O) groups is 3. The molecule has 0 unspecified atom stereocenters. The van der Waals surface area contributed by atoms with Gasteiger partial charge in [0.05, 0.1) is 5.60 Å². The van der Waals surface area contributed by atoms with Gasteiger partial charge < -0.3 is 19.3 Å². The van der Waals surface area contributed by atoms with E-state index in [-0.39, 0.29) is 47.9 Å². The summed E-state index contributed by atoms with van der Waals surface area (Å²) in [5.41, 5.74) is -0.535. The molecule has 0 saturated heterocycles. The molecule has 0 spiro atoms. The Morgan fingerprint density at radius 2 is 1.76 bits per heavy atom. The quantitative estimate of drug-likeness (QED) is 0.492. The van der Waals surface area contributed by atoms with E-state index in [2.05, 4.69) is 13.8 Å². The zero-order chi connectivity index (χ0) is 24.5. The fourth-order valence-electron chi connectivity index (χ4n) is 9.08. The molecule has 9 atom stereocenters. The Bertz CT molecular complexity index is 926. The van der Waals surface area contributed by atoms with Gasteiger partial charge in [0.2, 0.25) is 0 Å². The number of hydrogen-bond acceptors (Lipinski definition) is 7. The number of ether oxygens (including phenoxy) is 3. The first kappa shape index (κ1) is 23.8. The van der Waals surface area contributed by atoms with Gasteiger partial charge in [-0.05, 0) is 73.7 Å². The highest BCUT2D eigenvalue weighted by Gasteiger charge is 2.71. The van der Waals surface area contributed by atoms with Crippen LogP contribution >= 0.6 is 0 Å². The minimum atomic E-state index is -0.978. The molecule has 4 fully saturated rings. The van der Waals surface area contributed by atoms with Gasteiger partial charge in [-0.2, -0.15) is 0 Å². The van der Waals surface area contributed by atoms with Gasteiger partial charge >= 0.3 is 17.9 Å². The number of hydrogen-bond donors (Lipinski definition) is 1. The molecule has 1 heterocycles. The van der Waals surface area contributed by atoms with Gasteiger partial charge in [-0.15, -0.1) is 0 Å². The average molecular weight is 475 g/mol. The number of esters is 3. The van der Waals surface area contributed by atoms with Gasteiger partial charge in [-0.25, -0.2) is 4.79 Å². The van der Waals surface area contributed by atoms with Gasteiger partial charge in [0.1, 0.15) is 18.8 Å². The van der Waals surface area contributed by atoms with E-state index in [4.69, 9.17) is 14.2 Å². The van der Waals surface area contributed by atoms with Crippen LogP contribution in [0.15, 0.2) is 11.6 Å². The molecule has 4 saturated carbocycles. The fraction of sp³-hybridized carbons (Fsp3) is 0.815. The van der Waals surface area contributed by atoms with Crippen LogP contribution < -0.4 is 0 Å². The Hall–Kier alpha value is -1.89. The third kappa shape index (κ3) is 3.44. The molecule has 34 heavy (non-hydrogen) atoms. The molecule has 0 aromatic heterocycles. The summed E-state index contributed by atoms with van der Waals surface area (Å²) in [4.78, 5) is 35.4. The normalized spacial score (nSPS) is 47.6. The maximum atomic E-state index is 12.5. The van der Waals surface area contributed by atoms with Crippen molar-refractivity contribution in [1.29, 1.82) is 0 Å². The summed E-state index contributed by atoms with van der Waals surface area (Å²) in [5.74, 6) is -0.190. The summed E-state index contributed by atoms with van der Waals surface area (Å²) >= 11 is 0. The molecule has 0 aromatic rings. The van der Waals surface area contributed by atoms with Crippen molar-refractivity contribution in [1.82, 2.24) is 0 Å². The zero-order valence-corrected chi connectivity index (χ0v) is 20.8. The summed E-state index contributed by atoms with van der Waals surface area (Å²) in [6.07, 6.45) is 7.98. The van der Waals surface area contributed by atoms with Gasteiger partial charge in [-0.3, -0.25) is 9.59 Å². The molecule has 1 aliphatic heterocycles. The second kappa shape index (κ2) is 8.07. The molecular formula is C27H38O7. The van der Waals surface area contributed by atoms with E-state index >= 15 is 0 Å². The number of cyclic esters (lactones) is 1. The van der Waals surface area contributed by atoms with Crippen LogP contribution in [-0.4, -0.2) is 47.4 Å². The Kier molecular flexibility index (Phi) is 5.66. The maximum absolute atomic E-state index is 12.5. The molecule has 188 valence electrons. The lowest BCUT2D eigenvalue weighted by atomic mass is 9.43. The first-order chi connectivity index (χ1) is 16.0. The van der Waals surface area contributed by atoms with Crippen LogP contribution in [0.1, 0.15) is 79.1 Å². The second-order valence-corrected chi connectivity index (χ2v) is 12.0. The summed E-state index contributed by atoms with van der Waals surface area (Å²) in [6.45, 7) is 7.61. The summed E-state index contributed by atoms with van der Waals surface area (Å²) in [5, 5.41) is 12.5. The van der Waals surface area contributed by atoms with Crippen LogP contribution in [0.4, 0.5) is 0 Å². The monoisotopic (exact) mass is 474 g/mol. The van der Waals surface area contributed by atoms with Crippen molar-refractivity contribution in [3.05, 3.63) is 11.6 Å². The van der Waals surface area contributed by atoms with Gasteiger partial charge in [0, 0.05) is 37.7 Å². The van der Waals surface area contributed by atoms with Crippen molar-refractivity contribution in [2.45, 2.75) is 96.9 Å². The topological polar surface area (TPSA) is 99.1 Å². The molecule has 1 N–H and O–H groups in total. The number of carbonyl (C=O) groups excluding carboxylic acids is 3. The van der Waals surface area contributed by atoms with Crippen LogP contribution in [-0.2, 0) is 28.6 Å². The van der Waals surface area contributed by atoms with Crippen molar-refractivity contribution in [2.24, 2.45) is 34.5 Å². The van der Waals surface area contributed by atoms with Gasteiger partial charge in [-0.1, -0.05) is 13.8 Å². The molecule has 4 aliphatic carbocycles. The van der Waals surface area contributed by atoms with E-state index < -0.39 is 17.1 Å². The average Bonchev–Trinajstić information content (AvgIpc) is 3.25. The Morgan fingerprint density at radius 1 is 1.03 bits per heavy atom. The third-order valence-corrected chi connectivity index (χ3v) is 10.5. The molecule has 7 heteroatoms. The van der Waals surface area contributed by atoms with Crippen LogP contribution in [0.5, 0.6) is 0 Å². The largest absolute Gasteiger partial charge is 0.463 e. The smallest absolute Gasteiger partial charge is 0.331 e. The molecular weight excluding hydrogens is 436 g/mol. The molecule has 0 radical (unpaired) electrons. The molecule has 5 aliphatic rings. The maximum Gasteiger partial charge on any atom is 0.331 e. The summed E-state index contributed by atoms with van der Waals surface area (Å²) < 4.78 is 16.6. The van der Waals surface area contributed by atoms with E-state index in [1.165, 1.54) is 13.8 Å². The van der Waals surface area contributed by atoms with Gasteiger partial charge in [0.25, 0.3) is 0 Å². The van der Waals surface area contributed by atoms with E-state index in [1.807, 2.05) is 0 Å². The molecule has 7 nitrogen and oxygen atoms in total. The summed E-state index contributed by atoms with van der Waals surface area (Å²) in [7, 11) is 0. The van der Waals surface area contributed by atoms with Crippen molar-refractivity contribution in [3.63, 3.8) is 0 Å². The molecule has 5 rings (SSSR count). The fourth-order valence-corrected chi connectivity index (χ4v) is 9.08. The first-order valence-electron chi connectivity index (χ1n) is 12.9. The predicted octanol–water partition coefficient (Wildman–Crippen LogP) is 3.72. The van der Waals surface area contributed by atoms with Crippen LogP contribution in [0.2, 0.25) is 0 Å². The molecule has 0 amide bonds. The van der Waals surface area contributed by atoms with Crippen LogP contribution in [0, 0.1) is 34.5 Å². The highest BCUT2D eigenvalue weighted by molar-refractivity contribution is 5.85. The number of aliphatic hydroxyl groups is 1. The minimum absolute atomic E-state index is 0.000108. The standard InChI is InChI=1S/C27H38O7/c1-15(28)33-19-7-9-25(3)18(12-19)5-6-21-20(25)8-10-26(4)24(17-11-23(30)32-14-17)22(34-16(2)29)13-27(21,26)31/h11,18-22,24,31H,5-10,12-14H2,1-4H3/t18-,19-,20+,21-,22-,24+,25-,26+,27-/m0/s1. The van der Waals surface area contributed by atoms with Crippen molar-refractivity contribution in [3.8, 4) is 0 Å². The number of fused-ring (bicyclic) bond motifs is 5. The lowest BCUT2D eigenvalue weighted by molar-refractivity contribution is -0.210. The lowest BCUT2D eigenvalue weighted by Crippen LogP contribution is -2.62. The SMILES string of the molecule is CC(=O)O[C@H]1CC[C@@]2(C)[C@@H](CC[C@H]3[C@H]2CC[C@]2(C)[C@H](C4=CC(=O)OC4)[C@@H](OC(C)=O)C[C@]32O)C1. The molecule has 0 aromatic carbocycles. The van der Waals surface area contributed by atoms with E-state index in [0.717, 1.165) is 50.5 Å². The Labute approximate surface area is 201 Å². The lowest BCUT2D eigenvalue weighted by Gasteiger charge is -2.63. The second-order valence-electron chi connectivity index (χ2n) is 12.0. The van der Waals surface area contributed by atoms with Crippen LogP contribution in [0.3, 0.4) is 0 Å². The first-order valence-corrected chi connectivity index (χ1v) is 12.9. The minimum Gasteiger partial charge on any atom is -0.463 e. The molecule has 0 bridgehead atoms. The van der Waals surface area contributed by atoms with Crippen LogP contribution in [0.25, 0.3) is 0 Å². The van der Waals surface area contributed by atoms with Crippen molar-refractivity contribution in [2.75, 3.05) is 6.61 Å². The Balaban J connectivity index is 1.46. The number of rotatable bonds is 3.